The Bertz CT molecular complexity index is 981. The van der Waals surface area contributed by atoms with E-state index in [1.807, 2.05) is 0 Å². The van der Waals surface area contributed by atoms with Crippen LogP contribution in [0.25, 0.3) is 5.82 Å². The fourth-order valence-corrected chi connectivity index (χ4v) is 3.29. The highest BCUT2D eigenvalue weighted by atomic mass is 19.1. The fourth-order valence-electron chi connectivity index (χ4n) is 3.29. The van der Waals surface area contributed by atoms with Crippen LogP contribution in [0.4, 0.5) is 26.2 Å². The van der Waals surface area contributed by atoms with Gasteiger partial charge in [0.15, 0.2) is 5.82 Å². The van der Waals surface area contributed by atoms with E-state index in [9.17, 15) is 9.18 Å². The SMILES string of the molecule is CC1CCN(c2cncnc2-n2cc(NC(=O)Nc3ccc(F)cc3)cn2)CC1. The Morgan fingerprint density at radius 1 is 1.10 bits per heavy atom. The number of carbonyl (C=O) groups is 1. The second kappa shape index (κ2) is 8.26. The van der Waals surface area contributed by atoms with Gasteiger partial charge in [-0.2, -0.15) is 5.10 Å². The number of benzene rings is 1. The molecule has 0 atom stereocenters. The van der Waals surface area contributed by atoms with Gasteiger partial charge in [0.25, 0.3) is 0 Å². The van der Waals surface area contributed by atoms with Gasteiger partial charge in [-0.1, -0.05) is 6.92 Å². The highest BCUT2D eigenvalue weighted by molar-refractivity contribution is 5.99. The van der Waals surface area contributed by atoms with Crippen LogP contribution in [0.3, 0.4) is 0 Å². The van der Waals surface area contributed by atoms with E-state index in [4.69, 9.17) is 0 Å². The number of carbonyl (C=O) groups excluding carboxylic acids is 1. The first kappa shape index (κ1) is 18.9. The molecule has 0 unspecified atom stereocenters. The van der Waals surface area contributed by atoms with Crippen LogP contribution >= 0.6 is 0 Å². The van der Waals surface area contributed by atoms with Crippen molar-refractivity contribution in [2.75, 3.05) is 28.6 Å². The third-order valence-corrected chi connectivity index (χ3v) is 4.96. The van der Waals surface area contributed by atoms with Gasteiger partial charge in [0.2, 0.25) is 0 Å². The fraction of sp³-hybridized carbons (Fsp3) is 0.300. The van der Waals surface area contributed by atoms with Crippen molar-refractivity contribution < 1.29 is 9.18 Å². The van der Waals surface area contributed by atoms with Crippen LogP contribution in [-0.2, 0) is 0 Å². The van der Waals surface area contributed by atoms with Crippen molar-refractivity contribution in [2.45, 2.75) is 19.8 Å². The van der Waals surface area contributed by atoms with Crippen molar-refractivity contribution in [2.24, 2.45) is 5.92 Å². The van der Waals surface area contributed by atoms with E-state index in [2.05, 4.69) is 37.5 Å². The van der Waals surface area contributed by atoms with Gasteiger partial charge in [0.1, 0.15) is 17.8 Å². The lowest BCUT2D eigenvalue weighted by Gasteiger charge is -2.32. The molecule has 3 aromatic rings. The van der Waals surface area contributed by atoms with Crippen LogP contribution < -0.4 is 15.5 Å². The molecule has 9 heteroatoms. The van der Waals surface area contributed by atoms with Crippen LogP contribution in [0.5, 0.6) is 0 Å². The lowest BCUT2D eigenvalue weighted by Crippen LogP contribution is -2.33. The number of anilines is 3. The zero-order valence-electron chi connectivity index (χ0n) is 16.0. The molecule has 2 N–H and O–H groups in total. The van der Waals surface area contributed by atoms with Crippen molar-refractivity contribution >= 4 is 23.1 Å². The van der Waals surface area contributed by atoms with E-state index < -0.39 is 6.03 Å². The molecule has 2 amide bonds. The van der Waals surface area contributed by atoms with Crippen LogP contribution in [0.2, 0.25) is 0 Å². The second-order valence-corrected chi connectivity index (χ2v) is 7.16. The normalized spacial score (nSPS) is 14.6. The van der Waals surface area contributed by atoms with Crippen molar-refractivity contribution in [1.29, 1.82) is 0 Å². The lowest BCUT2D eigenvalue weighted by atomic mass is 9.99. The molecule has 29 heavy (non-hydrogen) atoms. The number of hydrogen-bond acceptors (Lipinski definition) is 5. The second-order valence-electron chi connectivity index (χ2n) is 7.16. The van der Waals surface area contributed by atoms with E-state index in [1.54, 1.807) is 23.3 Å². The summed E-state index contributed by atoms with van der Waals surface area (Å²) in [7, 11) is 0. The van der Waals surface area contributed by atoms with E-state index in [-0.39, 0.29) is 5.82 Å². The minimum Gasteiger partial charge on any atom is -0.367 e. The lowest BCUT2D eigenvalue weighted by molar-refractivity contribution is 0.262. The monoisotopic (exact) mass is 395 g/mol. The Morgan fingerprint density at radius 2 is 1.83 bits per heavy atom. The third kappa shape index (κ3) is 4.50. The summed E-state index contributed by atoms with van der Waals surface area (Å²) in [5, 5.41) is 9.70. The van der Waals surface area contributed by atoms with Gasteiger partial charge < -0.3 is 15.5 Å². The third-order valence-electron chi connectivity index (χ3n) is 4.96. The van der Waals surface area contributed by atoms with Gasteiger partial charge in [-0.25, -0.2) is 23.8 Å². The Kier molecular flexibility index (Phi) is 5.37. The molecule has 2 aromatic heterocycles. The largest absolute Gasteiger partial charge is 0.367 e. The molecular formula is C20H22FN7O. The van der Waals surface area contributed by atoms with Crippen LogP contribution in [-0.4, -0.2) is 38.9 Å². The zero-order valence-corrected chi connectivity index (χ0v) is 16.0. The van der Waals surface area contributed by atoms with E-state index in [0.29, 0.717) is 17.2 Å². The summed E-state index contributed by atoms with van der Waals surface area (Å²) in [4.78, 5) is 23.0. The summed E-state index contributed by atoms with van der Waals surface area (Å²) >= 11 is 0. The number of nitrogens with zero attached hydrogens (tertiary/aromatic N) is 5. The number of hydrogen-bond donors (Lipinski definition) is 2. The molecule has 8 nitrogen and oxygen atoms in total. The molecule has 1 saturated heterocycles. The summed E-state index contributed by atoms with van der Waals surface area (Å²) in [5.41, 5.74) is 1.93. The molecule has 1 aliphatic heterocycles. The predicted molar refractivity (Wildman–Crippen MR) is 109 cm³/mol. The number of rotatable bonds is 4. The maximum absolute atomic E-state index is 13.0. The number of piperidine rings is 1. The number of amides is 2. The Labute approximate surface area is 167 Å². The highest BCUT2D eigenvalue weighted by Crippen LogP contribution is 2.26. The molecule has 0 aliphatic carbocycles. The molecule has 0 saturated carbocycles. The van der Waals surface area contributed by atoms with Gasteiger partial charge in [-0.3, -0.25) is 0 Å². The molecule has 150 valence electrons. The summed E-state index contributed by atoms with van der Waals surface area (Å²) in [6, 6.07) is 5.11. The average Bonchev–Trinajstić information content (AvgIpc) is 3.18. The Hall–Kier alpha value is -3.49. The summed E-state index contributed by atoms with van der Waals surface area (Å²) in [6.45, 7) is 4.17. The number of halogens is 1. The first-order chi connectivity index (χ1) is 14.1. The summed E-state index contributed by atoms with van der Waals surface area (Å²) in [6.07, 6.45) is 8.79. The van der Waals surface area contributed by atoms with Gasteiger partial charge in [0, 0.05) is 18.8 Å². The first-order valence-corrected chi connectivity index (χ1v) is 9.52. The maximum atomic E-state index is 13.0. The Balaban J connectivity index is 1.46. The predicted octanol–water partition coefficient (Wildman–Crippen LogP) is 3.68. The van der Waals surface area contributed by atoms with Crippen molar-refractivity contribution in [3.8, 4) is 5.82 Å². The molecule has 1 aromatic carbocycles. The summed E-state index contributed by atoms with van der Waals surface area (Å²) in [5.74, 6) is 1.03. The molecule has 1 aliphatic rings. The molecule has 1 fully saturated rings. The van der Waals surface area contributed by atoms with Crippen LogP contribution in [0.1, 0.15) is 19.8 Å². The molecule has 3 heterocycles. The molecular weight excluding hydrogens is 373 g/mol. The van der Waals surface area contributed by atoms with E-state index >= 15 is 0 Å². The van der Waals surface area contributed by atoms with Crippen molar-refractivity contribution in [1.82, 2.24) is 19.7 Å². The first-order valence-electron chi connectivity index (χ1n) is 9.52. The van der Waals surface area contributed by atoms with Gasteiger partial charge in [-0.05, 0) is 43.0 Å². The van der Waals surface area contributed by atoms with Crippen molar-refractivity contribution in [3.05, 3.63) is 55.0 Å². The molecule has 0 spiro atoms. The van der Waals surface area contributed by atoms with Gasteiger partial charge >= 0.3 is 6.03 Å². The van der Waals surface area contributed by atoms with Gasteiger partial charge in [-0.15, -0.1) is 0 Å². The smallest absolute Gasteiger partial charge is 0.323 e. The quantitative estimate of drug-likeness (QED) is 0.704. The van der Waals surface area contributed by atoms with Crippen molar-refractivity contribution in [3.63, 3.8) is 0 Å². The van der Waals surface area contributed by atoms with Crippen LogP contribution in [0.15, 0.2) is 49.2 Å². The Morgan fingerprint density at radius 3 is 2.59 bits per heavy atom. The molecule has 0 radical (unpaired) electrons. The zero-order chi connectivity index (χ0) is 20.2. The van der Waals surface area contributed by atoms with Gasteiger partial charge in [0.05, 0.1) is 24.3 Å². The number of aromatic nitrogens is 4. The van der Waals surface area contributed by atoms with Crippen LogP contribution in [0, 0.1) is 11.7 Å². The maximum Gasteiger partial charge on any atom is 0.323 e. The standard InChI is InChI=1S/C20H22FN7O/c1-14-6-8-27(9-7-14)18-11-22-13-23-19(18)28-12-17(10-24-28)26-20(29)25-16-4-2-15(21)3-5-16/h2-5,10-14H,6-9H2,1H3,(H2,25,26,29). The summed E-state index contributed by atoms with van der Waals surface area (Å²) < 4.78 is 14.6. The topological polar surface area (TPSA) is 88.0 Å². The minimum atomic E-state index is -0.441. The number of nitrogens with one attached hydrogen (secondary N) is 2. The highest BCUT2D eigenvalue weighted by Gasteiger charge is 2.20. The average molecular weight is 395 g/mol. The number of urea groups is 1. The molecule has 0 bridgehead atoms. The molecule has 4 rings (SSSR count). The minimum absolute atomic E-state index is 0.360. The van der Waals surface area contributed by atoms with E-state index in [0.717, 1.165) is 37.5 Å². The van der Waals surface area contributed by atoms with E-state index in [1.165, 1.54) is 30.6 Å².